The Morgan fingerprint density at radius 1 is 1.26 bits per heavy atom. The maximum Gasteiger partial charge on any atom is 0.261 e. The van der Waals surface area contributed by atoms with Crippen molar-refractivity contribution in [3.63, 3.8) is 0 Å². The average Bonchev–Trinajstić information content (AvgIpc) is 3.24. The predicted molar refractivity (Wildman–Crippen MR) is 107 cm³/mol. The molecule has 140 valence electrons. The van der Waals surface area contributed by atoms with E-state index in [9.17, 15) is 4.79 Å². The van der Waals surface area contributed by atoms with Crippen molar-refractivity contribution in [2.45, 2.75) is 25.1 Å². The summed E-state index contributed by atoms with van der Waals surface area (Å²) in [6.45, 7) is 1.19. The first-order valence-electron chi connectivity index (χ1n) is 9.08. The average molecular weight is 384 g/mol. The highest BCUT2D eigenvalue weighted by Crippen LogP contribution is 2.25. The lowest BCUT2D eigenvalue weighted by atomic mass is 10.0. The third kappa shape index (κ3) is 3.86. The minimum absolute atomic E-state index is 0.124. The Kier molecular flexibility index (Phi) is 5.16. The van der Waals surface area contributed by atoms with Gasteiger partial charge in [-0.25, -0.2) is 0 Å². The van der Waals surface area contributed by atoms with Crippen LogP contribution in [0, 0.1) is 0 Å². The third-order valence-corrected chi connectivity index (χ3v) is 5.38. The van der Waals surface area contributed by atoms with Crippen molar-refractivity contribution in [1.29, 1.82) is 0 Å². The molecule has 2 unspecified atom stereocenters. The molecule has 1 aliphatic rings. The second-order valence-corrected chi connectivity index (χ2v) is 7.36. The fourth-order valence-corrected chi connectivity index (χ4v) is 3.97. The Balaban J connectivity index is 1.52. The molecule has 4 rings (SSSR count). The van der Waals surface area contributed by atoms with E-state index in [2.05, 4.69) is 22.0 Å². The number of amides is 1. The number of aromatic nitrogens is 1. The lowest BCUT2D eigenvalue weighted by molar-refractivity contribution is -0.133. The molecule has 1 aliphatic heterocycles. The minimum Gasteiger partial charge on any atom is -0.366 e. The molecule has 27 heavy (non-hydrogen) atoms. The molecule has 3 N–H and O–H groups in total. The second-order valence-electron chi connectivity index (χ2n) is 6.92. The van der Waals surface area contributed by atoms with Gasteiger partial charge < -0.3 is 15.5 Å². The zero-order valence-corrected chi connectivity index (χ0v) is 15.7. The first kappa shape index (κ1) is 18.0. The fraction of sp³-hybridized carbons (Fsp3) is 0.286. The highest BCUT2D eigenvalue weighted by Gasteiger charge is 2.37. The zero-order valence-electron chi connectivity index (χ0n) is 14.9. The molecule has 0 aliphatic carbocycles. The summed E-state index contributed by atoms with van der Waals surface area (Å²) in [4.78, 5) is 17.2. The monoisotopic (exact) mass is 383 g/mol. The van der Waals surface area contributed by atoms with Gasteiger partial charge in [-0.05, 0) is 42.2 Å². The molecule has 1 amide bonds. The van der Waals surface area contributed by atoms with Crippen molar-refractivity contribution in [1.82, 2.24) is 9.88 Å². The van der Waals surface area contributed by atoms with Crippen LogP contribution in [0.1, 0.15) is 11.1 Å². The van der Waals surface area contributed by atoms with Crippen LogP contribution in [0.5, 0.6) is 0 Å². The number of hydrogen-bond donors (Lipinski definition) is 2. The summed E-state index contributed by atoms with van der Waals surface area (Å²) >= 11 is 6.15. The smallest absolute Gasteiger partial charge is 0.261 e. The van der Waals surface area contributed by atoms with E-state index in [1.165, 1.54) is 11.1 Å². The molecule has 2 heterocycles. The normalized spacial score (nSPS) is 20.3. The molecular formula is C21H22ClN3O2. The number of nitrogens with one attached hydrogen (secondary N) is 1. The van der Waals surface area contributed by atoms with Crippen LogP contribution in [-0.2, 0) is 22.4 Å². The SMILES string of the molecule is NC(=O)C1OCC(Cc2ccccc2)N1CCc1c[nH]c2ccc(Cl)cc12. The van der Waals surface area contributed by atoms with Crippen LogP contribution >= 0.6 is 11.6 Å². The lowest BCUT2D eigenvalue weighted by Crippen LogP contribution is -2.46. The molecule has 2 aromatic carbocycles. The molecule has 0 bridgehead atoms. The van der Waals surface area contributed by atoms with Gasteiger partial charge in [-0.3, -0.25) is 9.69 Å². The third-order valence-electron chi connectivity index (χ3n) is 5.14. The summed E-state index contributed by atoms with van der Waals surface area (Å²) in [6.07, 6.45) is 2.93. The van der Waals surface area contributed by atoms with E-state index in [1.54, 1.807) is 0 Å². The number of fused-ring (bicyclic) bond motifs is 1. The minimum atomic E-state index is -0.674. The number of ether oxygens (including phenoxy) is 1. The van der Waals surface area contributed by atoms with Crippen LogP contribution in [0.25, 0.3) is 10.9 Å². The second kappa shape index (κ2) is 7.72. The molecule has 3 aromatic rings. The van der Waals surface area contributed by atoms with Crippen molar-refractivity contribution in [2.75, 3.05) is 13.2 Å². The van der Waals surface area contributed by atoms with Crippen molar-refractivity contribution < 1.29 is 9.53 Å². The van der Waals surface area contributed by atoms with Crippen LogP contribution in [0.15, 0.2) is 54.7 Å². The Morgan fingerprint density at radius 2 is 2.07 bits per heavy atom. The van der Waals surface area contributed by atoms with E-state index < -0.39 is 12.1 Å². The lowest BCUT2D eigenvalue weighted by Gasteiger charge is -2.26. The van der Waals surface area contributed by atoms with Gasteiger partial charge in [0.25, 0.3) is 5.91 Å². The number of benzene rings is 2. The number of primary amides is 1. The molecule has 5 nitrogen and oxygen atoms in total. The van der Waals surface area contributed by atoms with Crippen LogP contribution in [0.2, 0.25) is 5.02 Å². The molecule has 1 saturated heterocycles. The van der Waals surface area contributed by atoms with Gasteiger partial charge in [-0.1, -0.05) is 41.9 Å². The standard InChI is InChI=1S/C21H22ClN3O2/c22-16-6-7-19-18(11-16)15(12-24-19)8-9-25-17(13-27-21(25)20(23)26)10-14-4-2-1-3-5-14/h1-7,11-12,17,21,24H,8-10,13H2,(H2,23,26). The summed E-state index contributed by atoms with van der Waals surface area (Å²) in [7, 11) is 0. The molecule has 2 atom stereocenters. The molecule has 0 saturated carbocycles. The van der Waals surface area contributed by atoms with Gasteiger partial charge in [-0.15, -0.1) is 0 Å². The molecular weight excluding hydrogens is 362 g/mol. The summed E-state index contributed by atoms with van der Waals surface area (Å²) in [6, 6.07) is 16.2. The van der Waals surface area contributed by atoms with Gasteiger partial charge in [-0.2, -0.15) is 0 Å². The molecule has 1 fully saturated rings. The Labute approximate surface area is 163 Å². The number of carbonyl (C=O) groups is 1. The van der Waals surface area contributed by atoms with E-state index in [0.29, 0.717) is 18.2 Å². The predicted octanol–water partition coefficient (Wildman–Crippen LogP) is 3.12. The first-order chi connectivity index (χ1) is 13.1. The molecule has 1 aromatic heterocycles. The largest absolute Gasteiger partial charge is 0.366 e. The van der Waals surface area contributed by atoms with Gasteiger partial charge >= 0.3 is 0 Å². The van der Waals surface area contributed by atoms with Gasteiger partial charge in [0.05, 0.1) is 6.61 Å². The van der Waals surface area contributed by atoms with E-state index >= 15 is 0 Å². The Bertz CT molecular complexity index is 941. The topological polar surface area (TPSA) is 71.4 Å². The fourth-order valence-electron chi connectivity index (χ4n) is 3.80. The van der Waals surface area contributed by atoms with Gasteiger partial charge in [0.15, 0.2) is 6.23 Å². The summed E-state index contributed by atoms with van der Waals surface area (Å²) < 4.78 is 5.71. The number of hydrogen-bond acceptors (Lipinski definition) is 3. The summed E-state index contributed by atoms with van der Waals surface area (Å²) in [5, 5.41) is 1.82. The quantitative estimate of drug-likeness (QED) is 0.687. The van der Waals surface area contributed by atoms with Crippen LogP contribution in [0.4, 0.5) is 0 Å². The van der Waals surface area contributed by atoms with Crippen molar-refractivity contribution in [2.24, 2.45) is 5.73 Å². The van der Waals surface area contributed by atoms with Crippen LogP contribution in [0.3, 0.4) is 0 Å². The molecule has 6 heteroatoms. The maximum atomic E-state index is 11.9. The van der Waals surface area contributed by atoms with Crippen LogP contribution in [-0.4, -0.2) is 41.2 Å². The zero-order chi connectivity index (χ0) is 18.8. The number of rotatable bonds is 6. The van der Waals surface area contributed by atoms with E-state index in [0.717, 1.165) is 23.7 Å². The first-order valence-corrected chi connectivity index (χ1v) is 9.46. The number of nitrogens with two attached hydrogens (primary N) is 1. The number of halogens is 1. The van der Waals surface area contributed by atoms with E-state index in [4.69, 9.17) is 22.1 Å². The number of H-pyrrole nitrogens is 1. The van der Waals surface area contributed by atoms with Crippen LogP contribution < -0.4 is 5.73 Å². The van der Waals surface area contributed by atoms with Crippen molar-refractivity contribution in [3.05, 3.63) is 70.9 Å². The van der Waals surface area contributed by atoms with E-state index in [1.807, 2.05) is 42.6 Å². The maximum absolute atomic E-state index is 11.9. The number of nitrogens with zero attached hydrogens (tertiary/aromatic N) is 1. The number of carbonyl (C=O) groups excluding carboxylic acids is 1. The van der Waals surface area contributed by atoms with Gasteiger partial charge in [0.1, 0.15) is 0 Å². The van der Waals surface area contributed by atoms with Crippen molar-refractivity contribution >= 4 is 28.4 Å². The summed E-state index contributed by atoms with van der Waals surface area (Å²) in [5.41, 5.74) is 9.02. The van der Waals surface area contributed by atoms with Gasteiger partial charge in [0, 0.05) is 34.7 Å². The molecule has 0 spiro atoms. The Hall–Kier alpha value is -2.34. The Morgan fingerprint density at radius 3 is 2.85 bits per heavy atom. The highest BCUT2D eigenvalue weighted by atomic mass is 35.5. The number of aromatic amines is 1. The van der Waals surface area contributed by atoms with E-state index in [-0.39, 0.29) is 6.04 Å². The van der Waals surface area contributed by atoms with Gasteiger partial charge in [0.2, 0.25) is 0 Å². The molecule has 0 radical (unpaired) electrons. The highest BCUT2D eigenvalue weighted by molar-refractivity contribution is 6.31. The van der Waals surface area contributed by atoms with Crippen molar-refractivity contribution in [3.8, 4) is 0 Å². The summed E-state index contributed by atoms with van der Waals surface area (Å²) in [5.74, 6) is -0.437.